The van der Waals surface area contributed by atoms with E-state index in [1.807, 2.05) is 51.1 Å². The number of amides is 2. The molecule has 122 valence electrons. The smallest absolute Gasteiger partial charge is 0.408 e. The van der Waals surface area contributed by atoms with E-state index in [1.54, 1.807) is 0 Å². The molecule has 0 fully saturated rings. The van der Waals surface area contributed by atoms with Crippen LogP contribution in [-0.4, -0.2) is 24.6 Å². The number of benzene rings is 1. The van der Waals surface area contributed by atoms with Gasteiger partial charge in [0.2, 0.25) is 5.91 Å². The fourth-order valence-corrected chi connectivity index (χ4v) is 1.95. The Morgan fingerprint density at radius 1 is 1.18 bits per heavy atom. The first-order valence-electron chi connectivity index (χ1n) is 7.83. The van der Waals surface area contributed by atoms with Gasteiger partial charge >= 0.3 is 6.09 Å². The van der Waals surface area contributed by atoms with E-state index in [0.29, 0.717) is 6.54 Å². The third-order valence-electron chi connectivity index (χ3n) is 3.53. The molecule has 0 saturated heterocycles. The van der Waals surface area contributed by atoms with E-state index in [9.17, 15) is 9.59 Å². The summed E-state index contributed by atoms with van der Waals surface area (Å²) in [4.78, 5) is 24.0. The van der Waals surface area contributed by atoms with E-state index >= 15 is 0 Å². The third kappa shape index (κ3) is 6.16. The largest absolute Gasteiger partial charge is 0.445 e. The summed E-state index contributed by atoms with van der Waals surface area (Å²) in [7, 11) is 0. The topological polar surface area (TPSA) is 67.4 Å². The molecule has 22 heavy (non-hydrogen) atoms. The lowest BCUT2D eigenvalue weighted by Crippen LogP contribution is -2.50. The third-order valence-corrected chi connectivity index (χ3v) is 3.53. The van der Waals surface area contributed by atoms with Gasteiger partial charge in [0.1, 0.15) is 12.6 Å². The van der Waals surface area contributed by atoms with Gasteiger partial charge in [-0.15, -0.1) is 0 Å². The molecule has 2 N–H and O–H groups in total. The lowest BCUT2D eigenvalue weighted by Gasteiger charge is -2.23. The molecule has 0 aliphatic rings. The van der Waals surface area contributed by atoms with E-state index in [1.165, 1.54) is 0 Å². The standard InChI is InChI=1S/C17H26N2O3/c1-4-11-18-16(20)15(13(3)5-2)19-17(21)22-12-14-9-7-6-8-10-14/h6-10,13,15H,4-5,11-12H2,1-3H3,(H,18,20)(H,19,21)/t13-,15-/m0/s1. The summed E-state index contributed by atoms with van der Waals surface area (Å²) < 4.78 is 5.18. The summed E-state index contributed by atoms with van der Waals surface area (Å²) in [6.07, 6.45) is 1.08. The van der Waals surface area contributed by atoms with Crippen LogP contribution in [0.5, 0.6) is 0 Å². The Hall–Kier alpha value is -2.04. The molecule has 0 aliphatic heterocycles. The number of carbonyl (C=O) groups excluding carboxylic acids is 2. The fourth-order valence-electron chi connectivity index (χ4n) is 1.95. The fraction of sp³-hybridized carbons (Fsp3) is 0.529. The second kappa shape index (κ2) is 9.82. The van der Waals surface area contributed by atoms with Gasteiger partial charge in [-0.2, -0.15) is 0 Å². The number of alkyl carbamates (subject to hydrolysis) is 1. The Morgan fingerprint density at radius 2 is 1.86 bits per heavy atom. The summed E-state index contributed by atoms with van der Waals surface area (Å²) in [6, 6.07) is 8.87. The lowest BCUT2D eigenvalue weighted by atomic mass is 9.98. The average molecular weight is 306 g/mol. The van der Waals surface area contributed by atoms with Gasteiger partial charge in [0.05, 0.1) is 0 Å². The van der Waals surface area contributed by atoms with Crippen molar-refractivity contribution in [2.75, 3.05) is 6.54 Å². The molecule has 5 nitrogen and oxygen atoms in total. The van der Waals surface area contributed by atoms with Gasteiger partial charge in [-0.3, -0.25) is 4.79 Å². The molecule has 0 saturated carbocycles. The maximum Gasteiger partial charge on any atom is 0.408 e. The van der Waals surface area contributed by atoms with Crippen LogP contribution in [0.3, 0.4) is 0 Å². The van der Waals surface area contributed by atoms with Crippen molar-refractivity contribution >= 4 is 12.0 Å². The Labute approximate surface area is 132 Å². The summed E-state index contributed by atoms with van der Waals surface area (Å²) in [6.45, 7) is 6.71. The van der Waals surface area contributed by atoms with Crippen molar-refractivity contribution in [2.24, 2.45) is 5.92 Å². The molecule has 2 amide bonds. The molecular weight excluding hydrogens is 280 g/mol. The van der Waals surface area contributed by atoms with E-state index in [-0.39, 0.29) is 18.4 Å². The number of hydrogen-bond acceptors (Lipinski definition) is 3. The predicted molar refractivity (Wildman–Crippen MR) is 86.3 cm³/mol. The quantitative estimate of drug-likeness (QED) is 0.776. The maximum absolute atomic E-state index is 12.1. The minimum atomic E-state index is -0.570. The van der Waals surface area contributed by atoms with Crippen molar-refractivity contribution in [1.82, 2.24) is 10.6 Å². The van der Waals surface area contributed by atoms with Crippen LogP contribution in [0.15, 0.2) is 30.3 Å². The van der Waals surface area contributed by atoms with Crippen LogP contribution in [0.25, 0.3) is 0 Å². The Balaban J connectivity index is 2.53. The highest BCUT2D eigenvalue weighted by Gasteiger charge is 2.26. The van der Waals surface area contributed by atoms with Crippen molar-refractivity contribution in [1.29, 1.82) is 0 Å². The van der Waals surface area contributed by atoms with Crippen LogP contribution in [0.4, 0.5) is 4.79 Å². The van der Waals surface area contributed by atoms with Gasteiger partial charge in [0.15, 0.2) is 0 Å². The molecule has 0 aliphatic carbocycles. The van der Waals surface area contributed by atoms with Gasteiger partial charge in [-0.1, -0.05) is 57.5 Å². The molecular formula is C17H26N2O3. The molecule has 0 heterocycles. The van der Waals surface area contributed by atoms with Crippen LogP contribution < -0.4 is 10.6 Å². The lowest BCUT2D eigenvalue weighted by molar-refractivity contribution is -0.124. The molecule has 0 radical (unpaired) electrons. The van der Waals surface area contributed by atoms with Crippen LogP contribution in [-0.2, 0) is 16.1 Å². The van der Waals surface area contributed by atoms with Crippen molar-refractivity contribution in [3.05, 3.63) is 35.9 Å². The number of carbonyl (C=O) groups is 2. The second-order valence-electron chi connectivity index (χ2n) is 5.36. The summed E-state index contributed by atoms with van der Waals surface area (Å²) in [5.74, 6) is -0.117. The first-order chi connectivity index (χ1) is 10.6. The maximum atomic E-state index is 12.1. The first-order valence-corrected chi connectivity index (χ1v) is 7.83. The van der Waals surface area contributed by atoms with Crippen LogP contribution in [0, 0.1) is 5.92 Å². The van der Waals surface area contributed by atoms with Gasteiger partial charge in [-0.25, -0.2) is 4.79 Å². The SMILES string of the molecule is CCCNC(=O)[C@@H](NC(=O)OCc1ccccc1)[C@@H](C)CC. The molecule has 0 bridgehead atoms. The molecule has 0 spiro atoms. The van der Waals surface area contributed by atoms with Crippen LogP contribution in [0.1, 0.15) is 39.2 Å². The summed E-state index contributed by atoms with van der Waals surface area (Å²) in [5, 5.41) is 5.49. The van der Waals surface area contributed by atoms with Crippen molar-refractivity contribution in [3.8, 4) is 0 Å². The molecule has 2 atom stereocenters. The van der Waals surface area contributed by atoms with Crippen LogP contribution in [0.2, 0.25) is 0 Å². The van der Waals surface area contributed by atoms with E-state index in [0.717, 1.165) is 18.4 Å². The number of nitrogens with one attached hydrogen (secondary N) is 2. The number of ether oxygens (including phenoxy) is 1. The highest BCUT2D eigenvalue weighted by atomic mass is 16.5. The van der Waals surface area contributed by atoms with Gasteiger partial charge in [0, 0.05) is 6.54 Å². The van der Waals surface area contributed by atoms with Crippen molar-refractivity contribution in [2.45, 2.75) is 46.3 Å². The first kappa shape index (κ1) is 18.0. The molecule has 1 aromatic carbocycles. The second-order valence-corrected chi connectivity index (χ2v) is 5.36. The van der Waals surface area contributed by atoms with Crippen LogP contribution >= 0.6 is 0 Å². The molecule has 0 unspecified atom stereocenters. The Bertz CT molecular complexity index is 462. The number of rotatable bonds is 8. The zero-order valence-corrected chi connectivity index (χ0v) is 13.6. The van der Waals surface area contributed by atoms with E-state index in [4.69, 9.17) is 4.74 Å². The van der Waals surface area contributed by atoms with Gasteiger partial charge in [0.25, 0.3) is 0 Å². The normalized spacial score (nSPS) is 13.0. The Morgan fingerprint density at radius 3 is 2.45 bits per heavy atom. The minimum Gasteiger partial charge on any atom is -0.445 e. The predicted octanol–water partition coefficient (Wildman–Crippen LogP) is 2.85. The zero-order valence-electron chi connectivity index (χ0n) is 13.6. The number of hydrogen-bond donors (Lipinski definition) is 2. The highest BCUT2D eigenvalue weighted by molar-refractivity contribution is 5.85. The zero-order chi connectivity index (χ0) is 16.4. The van der Waals surface area contributed by atoms with Crippen molar-refractivity contribution < 1.29 is 14.3 Å². The summed E-state index contributed by atoms with van der Waals surface area (Å²) >= 11 is 0. The molecule has 5 heteroatoms. The molecule has 1 aromatic rings. The average Bonchev–Trinajstić information content (AvgIpc) is 2.55. The molecule has 1 rings (SSSR count). The highest BCUT2D eigenvalue weighted by Crippen LogP contribution is 2.09. The van der Waals surface area contributed by atoms with E-state index < -0.39 is 12.1 Å². The Kier molecular flexibility index (Phi) is 8.04. The van der Waals surface area contributed by atoms with Gasteiger partial charge in [-0.05, 0) is 17.9 Å². The summed E-state index contributed by atoms with van der Waals surface area (Å²) in [5.41, 5.74) is 0.910. The van der Waals surface area contributed by atoms with Gasteiger partial charge < -0.3 is 15.4 Å². The van der Waals surface area contributed by atoms with E-state index in [2.05, 4.69) is 10.6 Å². The van der Waals surface area contributed by atoms with Crippen molar-refractivity contribution in [3.63, 3.8) is 0 Å². The molecule has 0 aromatic heterocycles. The minimum absolute atomic E-state index is 0.0427. The monoisotopic (exact) mass is 306 g/mol.